The van der Waals surface area contributed by atoms with Gasteiger partial charge in [0.1, 0.15) is 34.8 Å². The minimum atomic E-state index is -0.525. The molecule has 0 saturated carbocycles. The van der Waals surface area contributed by atoms with Crippen LogP contribution in [0.2, 0.25) is 0 Å². The molecule has 1 aliphatic heterocycles. The number of fused-ring (bicyclic) bond motifs is 1. The number of carbonyl (C=O) groups excluding carboxylic acids is 1. The summed E-state index contributed by atoms with van der Waals surface area (Å²) < 4.78 is 15.9. The van der Waals surface area contributed by atoms with Crippen molar-refractivity contribution in [2.75, 3.05) is 13.1 Å². The number of likely N-dealkylation sites (tertiary alicyclic amines) is 1. The lowest BCUT2D eigenvalue weighted by atomic mass is 9.86. The first-order valence-electron chi connectivity index (χ1n) is 14.2. The van der Waals surface area contributed by atoms with Gasteiger partial charge in [0.15, 0.2) is 0 Å². The van der Waals surface area contributed by atoms with Gasteiger partial charge >= 0.3 is 6.09 Å². The zero-order valence-corrected chi connectivity index (χ0v) is 25.3. The van der Waals surface area contributed by atoms with E-state index in [1.54, 1.807) is 21.7 Å². The van der Waals surface area contributed by atoms with E-state index < -0.39 is 11.7 Å². The third-order valence-electron chi connectivity index (χ3n) is 7.33. The Bertz CT molecular complexity index is 1610. The number of aromatic nitrogens is 6. The van der Waals surface area contributed by atoms with Gasteiger partial charge in [-0.3, -0.25) is 9.38 Å². The zero-order chi connectivity index (χ0) is 30.2. The standard InChI is InChI=1S/C31H38N8O3/c1-20-27(35-36-39(20)22-11-14-37(15-12-22)29(40)42-31(5,6)7)21-16-25-34-19-23(18-32)38(25)26(17-21)41-28(30(2,3)4)24-10-8-9-13-33-24/h8-10,13,16-17,19,22,28H,11-12,14-15H2,1-7H3. The molecule has 1 unspecified atom stereocenters. The molecule has 1 saturated heterocycles. The predicted octanol–water partition coefficient (Wildman–Crippen LogP) is 5.91. The summed E-state index contributed by atoms with van der Waals surface area (Å²) in [7, 11) is 0. The quantitative estimate of drug-likeness (QED) is 0.290. The fourth-order valence-electron chi connectivity index (χ4n) is 5.29. The van der Waals surface area contributed by atoms with Crippen molar-refractivity contribution in [3.05, 3.63) is 59.8 Å². The second-order valence-corrected chi connectivity index (χ2v) is 12.8. The van der Waals surface area contributed by atoms with Crippen LogP contribution in [-0.4, -0.2) is 59.0 Å². The van der Waals surface area contributed by atoms with Crippen molar-refractivity contribution in [3.63, 3.8) is 0 Å². The third kappa shape index (κ3) is 5.93. The summed E-state index contributed by atoms with van der Waals surface area (Å²) in [6.07, 6.45) is 4.12. The van der Waals surface area contributed by atoms with Crippen molar-refractivity contribution in [2.24, 2.45) is 5.41 Å². The van der Waals surface area contributed by atoms with Gasteiger partial charge in [-0.2, -0.15) is 5.26 Å². The predicted molar refractivity (Wildman–Crippen MR) is 157 cm³/mol. The summed E-state index contributed by atoms with van der Waals surface area (Å²) in [5, 5.41) is 18.9. The Labute approximate surface area is 246 Å². The molecule has 11 heteroatoms. The fraction of sp³-hybridized carbons (Fsp3) is 0.484. The van der Waals surface area contributed by atoms with Gasteiger partial charge in [-0.05, 0) is 58.7 Å². The van der Waals surface area contributed by atoms with Gasteiger partial charge in [0.05, 0.1) is 23.6 Å². The first-order valence-corrected chi connectivity index (χ1v) is 14.2. The van der Waals surface area contributed by atoms with Crippen LogP contribution >= 0.6 is 0 Å². The molecule has 0 radical (unpaired) electrons. The van der Waals surface area contributed by atoms with Crippen molar-refractivity contribution in [3.8, 4) is 23.2 Å². The number of nitriles is 1. The molecule has 4 aromatic heterocycles. The van der Waals surface area contributed by atoms with E-state index in [0.29, 0.717) is 36.0 Å². The molecule has 11 nitrogen and oxygen atoms in total. The summed E-state index contributed by atoms with van der Waals surface area (Å²) in [5.74, 6) is 0.474. The molecule has 220 valence electrons. The van der Waals surface area contributed by atoms with Gasteiger partial charge < -0.3 is 14.4 Å². The molecule has 1 amide bonds. The Morgan fingerprint density at radius 3 is 2.45 bits per heavy atom. The van der Waals surface area contributed by atoms with E-state index in [4.69, 9.17) is 9.47 Å². The van der Waals surface area contributed by atoms with Crippen molar-refractivity contribution in [2.45, 2.75) is 79.1 Å². The van der Waals surface area contributed by atoms with Crippen LogP contribution in [-0.2, 0) is 4.74 Å². The fourth-order valence-corrected chi connectivity index (χ4v) is 5.29. The Hall–Kier alpha value is -4.46. The van der Waals surface area contributed by atoms with Crippen LogP contribution in [0.3, 0.4) is 0 Å². The minimum Gasteiger partial charge on any atom is -0.468 e. The average molecular weight is 571 g/mol. The monoisotopic (exact) mass is 570 g/mol. The van der Waals surface area contributed by atoms with Gasteiger partial charge in [-0.25, -0.2) is 14.5 Å². The van der Waals surface area contributed by atoms with Crippen LogP contribution in [0.1, 0.15) is 83.6 Å². The average Bonchev–Trinajstić information content (AvgIpc) is 3.53. The van der Waals surface area contributed by atoms with Crippen LogP contribution in [0.15, 0.2) is 42.7 Å². The smallest absolute Gasteiger partial charge is 0.410 e. The normalized spacial score (nSPS) is 15.4. The maximum atomic E-state index is 12.5. The highest BCUT2D eigenvalue weighted by Gasteiger charge is 2.32. The van der Waals surface area contributed by atoms with E-state index >= 15 is 0 Å². The van der Waals surface area contributed by atoms with E-state index in [-0.39, 0.29) is 17.6 Å². The highest BCUT2D eigenvalue weighted by Crippen LogP contribution is 2.38. The van der Waals surface area contributed by atoms with Gasteiger partial charge in [0.25, 0.3) is 0 Å². The van der Waals surface area contributed by atoms with Gasteiger partial charge in [-0.1, -0.05) is 32.1 Å². The second-order valence-electron chi connectivity index (χ2n) is 12.8. The number of nitrogens with zero attached hydrogens (tertiary/aromatic N) is 8. The molecule has 4 aromatic rings. The molecule has 5 heterocycles. The van der Waals surface area contributed by atoms with Crippen LogP contribution in [0.4, 0.5) is 4.79 Å². The highest BCUT2D eigenvalue weighted by molar-refractivity contribution is 5.69. The number of ether oxygens (including phenoxy) is 2. The van der Waals surface area contributed by atoms with Crippen molar-refractivity contribution >= 4 is 11.7 Å². The Morgan fingerprint density at radius 2 is 1.83 bits per heavy atom. The van der Waals surface area contributed by atoms with Crippen LogP contribution < -0.4 is 4.74 Å². The second kappa shape index (κ2) is 11.1. The highest BCUT2D eigenvalue weighted by atomic mass is 16.6. The first-order chi connectivity index (χ1) is 19.9. The maximum Gasteiger partial charge on any atom is 0.410 e. The number of imidazole rings is 1. The molecule has 0 N–H and O–H groups in total. The number of pyridine rings is 2. The molecular formula is C31H38N8O3. The van der Waals surface area contributed by atoms with Crippen molar-refractivity contribution in [1.29, 1.82) is 5.26 Å². The lowest BCUT2D eigenvalue weighted by molar-refractivity contribution is 0.0183. The molecule has 1 atom stereocenters. The molecular weight excluding hydrogens is 532 g/mol. The minimum absolute atomic E-state index is 0.107. The largest absolute Gasteiger partial charge is 0.468 e. The molecule has 0 bridgehead atoms. The third-order valence-corrected chi connectivity index (χ3v) is 7.33. The van der Waals surface area contributed by atoms with Crippen LogP contribution in [0, 0.1) is 23.7 Å². The molecule has 5 rings (SSSR count). The number of hydrogen-bond donors (Lipinski definition) is 0. The molecule has 0 aliphatic carbocycles. The number of amides is 1. The lowest BCUT2D eigenvalue weighted by Gasteiger charge is -2.33. The maximum absolute atomic E-state index is 12.5. The summed E-state index contributed by atoms with van der Waals surface area (Å²) in [4.78, 5) is 23.3. The van der Waals surface area contributed by atoms with Gasteiger partial charge in [-0.15, -0.1) is 5.10 Å². The number of rotatable bonds is 5. The van der Waals surface area contributed by atoms with E-state index in [0.717, 1.165) is 29.8 Å². The molecule has 1 fully saturated rings. The lowest BCUT2D eigenvalue weighted by Crippen LogP contribution is -2.42. The first kappa shape index (κ1) is 29.0. The van der Waals surface area contributed by atoms with E-state index in [9.17, 15) is 10.1 Å². The van der Waals surface area contributed by atoms with Gasteiger partial charge in [0, 0.05) is 36.3 Å². The molecule has 0 spiro atoms. The number of piperidine rings is 1. The Kier molecular flexibility index (Phi) is 7.66. The summed E-state index contributed by atoms with van der Waals surface area (Å²) in [6.45, 7) is 15.1. The molecule has 0 aromatic carbocycles. The number of hydrogen-bond acceptors (Lipinski definition) is 8. The van der Waals surface area contributed by atoms with Crippen molar-refractivity contribution < 1.29 is 14.3 Å². The van der Waals surface area contributed by atoms with Crippen molar-refractivity contribution in [1.82, 2.24) is 34.3 Å². The molecule has 42 heavy (non-hydrogen) atoms. The Morgan fingerprint density at radius 1 is 1.10 bits per heavy atom. The summed E-state index contributed by atoms with van der Waals surface area (Å²) >= 11 is 0. The Balaban J connectivity index is 1.46. The van der Waals surface area contributed by atoms with Crippen LogP contribution in [0.5, 0.6) is 5.88 Å². The summed E-state index contributed by atoms with van der Waals surface area (Å²) in [5.41, 5.74) is 3.33. The zero-order valence-electron chi connectivity index (χ0n) is 25.3. The van der Waals surface area contributed by atoms with E-state index in [1.807, 2.05) is 62.7 Å². The SMILES string of the molecule is Cc1c(-c2cc(OC(c3ccccn3)C(C)(C)C)n3c(C#N)cnc3c2)nnn1C1CCN(C(=O)OC(C)(C)C)CC1. The van der Waals surface area contributed by atoms with E-state index in [2.05, 4.69) is 47.1 Å². The molecule has 1 aliphatic rings. The topological polar surface area (TPSA) is 123 Å². The van der Waals surface area contributed by atoms with E-state index in [1.165, 1.54) is 0 Å². The van der Waals surface area contributed by atoms with Gasteiger partial charge in [0.2, 0.25) is 5.88 Å². The number of carbonyl (C=O) groups is 1. The summed E-state index contributed by atoms with van der Waals surface area (Å²) in [6, 6.07) is 11.9. The van der Waals surface area contributed by atoms with Crippen LogP contribution in [0.25, 0.3) is 16.9 Å².